The first-order valence-electron chi connectivity index (χ1n) is 3.20. The highest BCUT2D eigenvalue weighted by Gasteiger charge is 2.04. The third kappa shape index (κ3) is 1.52. The van der Waals surface area contributed by atoms with Crippen molar-refractivity contribution in [3.8, 4) is 0 Å². The second-order valence-electron chi connectivity index (χ2n) is 2.35. The second kappa shape index (κ2) is 3.44. The van der Waals surface area contributed by atoms with Gasteiger partial charge in [-0.1, -0.05) is 11.6 Å². The van der Waals surface area contributed by atoms with Crippen molar-refractivity contribution in [3.63, 3.8) is 0 Å². The van der Waals surface area contributed by atoms with Crippen LogP contribution in [0.5, 0.6) is 0 Å². The van der Waals surface area contributed by atoms with Crippen LogP contribution >= 0.6 is 61.5 Å². The minimum atomic E-state index is 0.840. The van der Waals surface area contributed by atoms with Gasteiger partial charge in [-0.3, -0.25) is 0 Å². The molecule has 0 saturated carbocycles. The molecular weight excluding hydrogens is 370 g/mol. The van der Waals surface area contributed by atoms with E-state index in [0.717, 1.165) is 14.9 Å². The van der Waals surface area contributed by atoms with E-state index in [9.17, 15) is 0 Å². The molecular formula is C8H3BrClIS. The molecule has 1 aromatic heterocycles. The predicted molar refractivity (Wildman–Crippen MR) is 67.3 cm³/mol. The van der Waals surface area contributed by atoms with Crippen molar-refractivity contribution in [1.82, 2.24) is 0 Å². The van der Waals surface area contributed by atoms with Gasteiger partial charge in [-0.2, -0.15) is 0 Å². The summed E-state index contributed by atoms with van der Waals surface area (Å²) < 4.78 is 3.57. The maximum atomic E-state index is 5.98. The fourth-order valence-corrected chi connectivity index (χ4v) is 3.20. The lowest BCUT2D eigenvalue weighted by molar-refractivity contribution is 1.68. The van der Waals surface area contributed by atoms with E-state index in [2.05, 4.69) is 50.7 Å². The molecule has 12 heavy (non-hydrogen) atoms. The molecule has 0 N–H and O–H groups in total. The third-order valence-electron chi connectivity index (χ3n) is 1.57. The van der Waals surface area contributed by atoms with Crippen LogP contribution in [0.4, 0.5) is 0 Å². The van der Waals surface area contributed by atoms with Gasteiger partial charge in [0.1, 0.15) is 0 Å². The summed E-state index contributed by atoms with van der Waals surface area (Å²) in [6, 6.07) is 4.20. The SMILES string of the molecule is Clc1csc2cc(I)c(Br)cc12. The van der Waals surface area contributed by atoms with E-state index < -0.39 is 0 Å². The zero-order valence-electron chi connectivity index (χ0n) is 5.77. The van der Waals surface area contributed by atoms with E-state index in [1.54, 1.807) is 11.3 Å². The fraction of sp³-hybridized carbons (Fsp3) is 0. The molecule has 0 unspecified atom stereocenters. The summed E-state index contributed by atoms with van der Waals surface area (Å²) in [6.07, 6.45) is 0. The number of thiophene rings is 1. The van der Waals surface area contributed by atoms with Gasteiger partial charge in [0.2, 0.25) is 0 Å². The van der Waals surface area contributed by atoms with E-state index in [1.807, 2.05) is 5.38 Å². The normalized spacial score (nSPS) is 10.9. The molecule has 1 heterocycles. The third-order valence-corrected chi connectivity index (χ3v) is 5.25. The van der Waals surface area contributed by atoms with E-state index in [1.165, 1.54) is 8.27 Å². The number of rotatable bonds is 0. The Morgan fingerprint density at radius 2 is 2.17 bits per heavy atom. The lowest BCUT2D eigenvalue weighted by Gasteiger charge is -1.95. The van der Waals surface area contributed by atoms with Crippen molar-refractivity contribution >= 4 is 71.5 Å². The predicted octanol–water partition coefficient (Wildman–Crippen LogP) is 4.92. The van der Waals surface area contributed by atoms with Crippen LogP contribution in [-0.2, 0) is 0 Å². The molecule has 0 amide bonds. The maximum absolute atomic E-state index is 5.98. The quantitative estimate of drug-likeness (QED) is 0.575. The van der Waals surface area contributed by atoms with Gasteiger partial charge >= 0.3 is 0 Å². The lowest BCUT2D eigenvalue weighted by Crippen LogP contribution is -1.72. The number of hydrogen-bond donors (Lipinski definition) is 0. The van der Waals surface area contributed by atoms with Gasteiger partial charge in [0.05, 0.1) is 5.02 Å². The smallest absolute Gasteiger partial charge is 0.0592 e. The van der Waals surface area contributed by atoms with E-state index in [-0.39, 0.29) is 0 Å². The van der Waals surface area contributed by atoms with Gasteiger partial charge in [-0.05, 0) is 50.7 Å². The summed E-state index contributed by atoms with van der Waals surface area (Å²) >= 11 is 13.4. The number of hydrogen-bond acceptors (Lipinski definition) is 1. The lowest BCUT2D eigenvalue weighted by atomic mass is 10.3. The highest BCUT2D eigenvalue weighted by atomic mass is 127. The van der Waals surface area contributed by atoms with E-state index in [0.29, 0.717) is 0 Å². The largest absolute Gasteiger partial charge is 0.142 e. The fourth-order valence-electron chi connectivity index (χ4n) is 0.991. The summed E-state index contributed by atoms with van der Waals surface area (Å²) in [5.74, 6) is 0. The van der Waals surface area contributed by atoms with Crippen molar-refractivity contribution in [1.29, 1.82) is 0 Å². The number of benzene rings is 1. The van der Waals surface area contributed by atoms with E-state index >= 15 is 0 Å². The Labute approximate surface area is 101 Å². The molecule has 0 atom stereocenters. The Hall–Kier alpha value is 0.680. The van der Waals surface area contributed by atoms with Crippen LogP contribution in [0.2, 0.25) is 5.02 Å². The van der Waals surface area contributed by atoms with Crippen molar-refractivity contribution < 1.29 is 0 Å². The standard InChI is InChI=1S/C8H3BrClIS/c9-5-1-4-6(10)3-12-8(4)2-7(5)11/h1-3H. The van der Waals surface area contributed by atoms with Gasteiger partial charge in [0.25, 0.3) is 0 Å². The van der Waals surface area contributed by atoms with Gasteiger partial charge in [0.15, 0.2) is 0 Å². The van der Waals surface area contributed by atoms with Crippen molar-refractivity contribution in [2.24, 2.45) is 0 Å². The molecule has 0 aliphatic rings. The highest BCUT2D eigenvalue weighted by molar-refractivity contribution is 14.1. The first kappa shape index (κ1) is 9.24. The molecule has 0 fully saturated rings. The molecule has 0 aliphatic carbocycles. The minimum Gasteiger partial charge on any atom is -0.142 e. The summed E-state index contributed by atoms with van der Waals surface area (Å²) in [5.41, 5.74) is 0. The molecule has 0 nitrogen and oxygen atoms in total. The van der Waals surface area contributed by atoms with Gasteiger partial charge in [-0.15, -0.1) is 11.3 Å². The molecule has 1 aromatic carbocycles. The Bertz CT molecular complexity index is 438. The van der Waals surface area contributed by atoms with Crippen LogP contribution in [0, 0.1) is 3.57 Å². The molecule has 0 saturated heterocycles. The molecule has 2 aromatic rings. The van der Waals surface area contributed by atoms with E-state index in [4.69, 9.17) is 11.6 Å². The van der Waals surface area contributed by atoms with Gasteiger partial charge in [-0.25, -0.2) is 0 Å². The van der Waals surface area contributed by atoms with Crippen LogP contribution in [0.3, 0.4) is 0 Å². The molecule has 62 valence electrons. The first-order chi connectivity index (χ1) is 5.68. The molecule has 2 rings (SSSR count). The van der Waals surface area contributed by atoms with Gasteiger partial charge < -0.3 is 0 Å². The van der Waals surface area contributed by atoms with Gasteiger partial charge in [0, 0.05) is 23.5 Å². The number of halogens is 3. The summed E-state index contributed by atoms with van der Waals surface area (Å²) in [5, 5.41) is 3.94. The average molecular weight is 373 g/mol. The van der Waals surface area contributed by atoms with Crippen molar-refractivity contribution in [3.05, 3.63) is 30.6 Å². The van der Waals surface area contributed by atoms with Crippen molar-refractivity contribution in [2.45, 2.75) is 0 Å². The zero-order valence-corrected chi connectivity index (χ0v) is 11.1. The molecule has 0 radical (unpaired) electrons. The van der Waals surface area contributed by atoms with Crippen molar-refractivity contribution in [2.75, 3.05) is 0 Å². The monoisotopic (exact) mass is 372 g/mol. The Morgan fingerprint density at radius 3 is 2.92 bits per heavy atom. The molecule has 4 heteroatoms. The minimum absolute atomic E-state index is 0.840. The number of fused-ring (bicyclic) bond motifs is 1. The zero-order chi connectivity index (χ0) is 8.72. The second-order valence-corrected chi connectivity index (χ2v) is 5.68. The van der Waals surface area contributed by atoms with Crippen LogP contribution in [0.25, 0.3) is 10.1 Å². The Morgan fingerprint density at radius 1 is 1.42 bits per heavy atom. The average Bonchev–Trinajstić information content (AvgIpc) is 2.35. The Balaban J connectivity index is 2.87. The van der Waals surface area contributed by atoms with Crippen LogP contribution in [-0.4, -0.2) is 0 Å². The summed E-state index contributed by atoms with van der Waals surface area (Å²) in [7, 11) is 0. The van der Waals surface area contributed by atoms with Crippen LogP contribution in [0.15, 0.2) is 22.0 Å². The molecule has 0 aliphatic heterocycles. The molecule has 0 spiro atoms. The Kier molecular flexibility index (Phi) is 2.65. The summed E-state index contributed by atoms with van der Waals surface area (Å²) in [6.45, 7) is 0. The van der Waals surface area contributed by atoms with Crippen LogP contribution < -0.4 is 0 Å². The first-order valence-corrected chi connectivity index (χ1v) is 6.33. The highest BCUT2D eigenvalue weighted by Crippen LogP contribution is 2.34. The topological polar surface area (TPSA) is 0 Å². The maximum Gasteiger partial charge on any atom is 0.0592 e. The molecule has 0 bridgehead atoms. The van der Waals surface area contributed by atoms with Crippen LogP contribution in [0.1, 0.15) is 0 Å². The summed E-state index contributed by atoms with van der Waals surface area (Å²) in [4.78, 5) is 0.